The molecule has 0 radical (unpaired) electrons. The molecule has 2 nitrogen and oxygen atoms in total. The van der Waals surface area contributed by atoms with Crippen molar-refractivity contribution in [3.63, 3.8) is 0 Å². The normalized spacial score (nSPS) is 12.3. The third-order valence-electron chi connectivity index (χ3n) is 1.31. The summed E-state index contributed by atoms with van der Waals surface area (Å²) >= 11 is 0. The van der Waals surface area contributed by atoms with E-state index in [-0.39, 0.29) is 5.78 Å². The molecule has 0 spiro atoms. The molecule has 0 heterocycles. The Morgan fingerprint density at radius 1 is 1.33 bits per heavy atom. The standard InChI is InChI=1S/C7H11NO/c1-5(7(3)9)6(2)8-4/h4H2,1-3H3. The monoisotopic (exact) mass is 125 g/mol. The number of hydrogen-bond acceptors (Lipinski definition) is 2. The van der Waals surface area contributed by atoms with Crippen molar-refractivity contribution in [1.29, 1.82) is 0 Å². The Balaban J connectivity index is 4.47. The van der Waals surface area contributed by atoms with Crippen LogP contribution >= 0.6 is 0 Å². The smallest absolute Gasteiger partial charge is 0.157 e. The molecular formula is C7H11NO. The molecule has 0 rings (SSSR count). The van der Waals surface area contributed by atoms with Gasteiger partial charge in [0.1, 0.15) is 0 Å². The average molecular weight is 125 g/mol. The zero-order valence-electron chi connectivity index (χ0n) is 6.06. The lowest BCUT2D eigenvalue weighted by Gasteiger charge is -1.94. The summed E-state index contributed by atoms with van der Waals surface area (Å²) in [4.78, 5) is 14.2. The highest BCUT2D eigenvalue weighted by Gasteiger charge is 1.98. The van der Waals surface area contributed by atoms with Gasteiger partial charge in [-0.05, 0) is 27.5 Å². The van der Waals surface area contributed by atoms with Gasteiger partial charge >= 0.3 is 0 Å². The third kappa shape index (κ3) is 2.22. The fourth-order valence-electron chi connectivity index (χ4n) is 0.373. The van der Waals surface area contributed by atoms with E-state index in [1.807, 2.05) is 0 Å². The SMILES string of the molecule is C=NC(C)=C(C)C(C)=O. The van der Waals surface area contributed by atoms with Gasteiger partial charge in [0.15, 0.2) is 5.78 Å². The van der Waals surface area contributed by atoms with Crippen molar-refractivity contribution in [3.05, 3.63) is 11.3 Å². The lowest BCUT2D eigenvalue weighted by Crippen LogP contribution is -1.93. The van der Waals surface area contributed by atoms with E-state index in [0.29, 0.717) is 11.3 Å². The van der Waals surface area contributed by atoms with Crippen LogP contribution in [-0.2, 0) is 4.79 Å². The predicted molar refractivity (Wildman–Crippen MR) is 38.6 cm³/mol. The van der Waals surface area contributed by atoms with Crippen LogP contribution in [0.2, 0.25) is 0 Å². The molecule has 0 amide bonds. The van der Waals surface area contributed by atoms with Crippen molar-refractivity contribution in [2.24, 2.45) is 4.99 Å². The molecule has 0 atom stereocenters. The van der Waals surface area contributed by atoms with Gasteiger partial charge in [-0.3, -0.25) is 9.79 Å². The minimum atomic E-state index is 0.0555. The van der Waals surface area contributed by atoms with Crippen molar-refractivity contribution < 1.29 is 4.79 Å². The molecule has 9 heavy (non-hydrogen) atoms. The van der Waals surface area contributed by atoms with Crippen LogP contribution in [0.15, 0.2) is 16.3 Å². The molecule has 0 saturated carbocycles. The maximum absolute atomic E-state index is 10.6. The summed E-state index contributed by atoms with van der Waals surface area (Å²) in [7, 11) is 0. The summed E-state index contributed by atoms with van der Waals surface area (Å²) in [5, 5.41) is 0. The third-order valence-corrected chi connectivity index (χ3v) is 1.31. The number of hydrogen-bond donors (Lipinski definition) is 0. The quantitative estimate of drug-likeness (QED) is 0.407. The first kappa shape index (κ1) is 8.08. The van der Waals surface area contributed by atoms with Crippen molar-refractivity contribution >= 4 is 12.5 Å². The van der Waals surface area contributed by atoms with Gasteiger partial charge in [-0.15, -0.1) is 0 Å². The summed E-state index contributed by atoms with van der Waals surface area (Å²) in [6.07, 6.45) is 0. The second kappa shape index (κ2) is 3.17. The largest absolute Gasteiger partial charge is 0.295 e. The Hall–Kier alpha value is -0.920. The summed E-state index contributed by atoms with van der Waals surface area (Å²) in [5.74, 6) is 0.0555. The fourth-order valence-corrected chi connectivity index (χ4v) is 0.373. The van der Waals surface area contributed by atoms with E-state index in [0.717, 1.165) is 0 Å². The van der Waals surface area contributed by atoms with E-state index in [1.54, 1.807) is 13.8 Å². The topological polar surface area (TPSA) is 29.4 Å². The minimum Gasteiger partial charge on any atom is -0.295 e. The predicted octanol–water partition coefficient (Wildman–Crippen LogP) is 1.57. The van der Waals surface area contributed by atoms with Crippen LogP contribution in [0, 0.1) is 0 Å². The minimum absolute atomic E-state index is 0.0555. The number of carbonyl (C=O) groups is 1. The molecule has 2 heteroatoms. The molecular weight excluding hydrogens is 114 g/mol. The van der Waals surface area contributed by atoms with Gasteiger partial charge in [0.25, 0.3) is 0 Å². The molecule has 0 bridgehead atoms. The van der Waals surface area contributed by atoms with Crippen LogP contribution in [0.4, 0.5) is 0 Å². The lowest BCUT2D eigenvalue weighted by molar-refractivity contribution is -0.113. The first-order chi connectivity index (χ1) is 4.09. The summed E-state index contributed by atoms with van der Waals surface area (Å²) in [5.41, 5.74) is 1.40. The van der Waals surface area contributed by atoms with Crippen molar-refractivity contribution in [1.82, 2.24) is 0 Å². The number of carbonyl (C=O) groups excluding carboxylic acids is 1. The summed E-state index contributed by atoms with van der Waals surface area (Å²) in [6.45, 7) is 8.33. The first-order valence-electron chi connectivity index (χ1n) is 2.74. The van der Waals surface area contributed by atoms with E-state index in [4.69, 9.17) is 0 Å². The zero-order chi connectivity index (χ0) is 7.44. The van der Waals surface area contributed by atoms with Gasteiger partial charge in [-0.1, -0.05) is 0 Å². The van der Waals surface area contributed by atoms with Gasteiger partial charge in [0, 0.05) is 11.3 Å². The Morgan fingerprint density at radius 3 is 1.89 bits per heavy atom. The summed E-state index contributed by atoms with van der Waals surface area (Å²) < 4.78 is 0. The Morgan fingerprint density at radius 2 is 1.78 bits per heavy atom. The van der Waals surface area contributed by atoms with Gasteiger partial charge in [0.05, 0.1) is 0 Å². The molecule has 50 valence electrons. The molecule has 0 aliphatic heterocycles. The Kier molecular flexibility index (Phi) is 2.85. The number of aliphatic imine (C=N–C) groups is 1. The van der Waals surface area contributed by atoms with Gasteiger partial charge in [-0.2, -0.15) is 0 Å². The molecule has 0 unspecified atom stereocenters. The second-order valence-corrected chi connectivity index (χ2v) is 1.92. The van der Waals surface area contributed by atoms with Crippen molar-refractivity contribution in [3.8, 4) is 0 Å². The number of rotatable bonds is 2. The number of nitrogens with zero attached hydrogens (tertiary/aromatic N) is 1. The molecule has 0 saturated heterocycles. The molecule has 0 aromatic heterocycles. The molecule has 0 aliphatic carbocycles. The van der Waals surface area contributed by atoms with Gasteiger partial charge in [0.2, 0.25) is 0 Å². The maximum Gasteiger partial charge on any atom is 0.157 e. The molecule has 0 fully saturated rings. The van der Waals surface area contributed by atoms with Crippen molar-refractivity contribution in [2.75, 3.05) is 0 Å². The van der Waals surface area contributed by atoms with Crippen LogP contribution in [0.1, 0.15) is 20.8 Å². The van der Waals surface area contributed by atoms with E-state index in [2.05, 4.69) is 11.7 Å². The van der Waals surface area contributed by atoms with Crippen LogP contribution in [0.5, 0.6) is 0 Å². The number of Topliss-reactive ketones (excluding diaryl/α,β-unsaturated/α-hetero) is 1. The van der Waals surface area contributed by atoms with E-state index in [9.17, 15) is 4.79 Å². The Labute approximate surface area is 55.3 Å². The molecule has 0 aliphatic rings. The molecule has 0 N–H and O–H groups in total. The van der Waals surface area contributed by atoms with E-state index < -0.39 is 0 Å². The first-order valence-corrected chi connectivity index (χ1v) is 2.74. The zero-order valence-corrected chi connectivity index (χ0v) is 6.06. The number of allylic oxidation sites excluding steroid dienone is 2. The van der Waals surface area contributed by atoms with Crippen LogP contribution in [0.25, 0.3) is 0 Å². The maximum atomic E-state index is 10.6. The average Bonchev–Trinajstić information content (AvgIpc) is 1.84. The van der Waals surface area contributed by atoms with Gasteiger partial charge in [-0.25, -0.2) is 0 Å². The fraction of sp³-hybridized carbons (Fsp3) is 0.429. The van der Waals surface area contributed by atoms with E-state index in [1.165, 1.54) is 6.92 Å². The van der Waals surface area contributed by atoms with Crippen LogP contribution < -0.4 is 0 Å². The highest BCUT2D eigenvalue weighted by Crippen LogP contribution is 2.03. The van der Waals surface area contributed by atoms with Crippen LogP contribution in [-0.4, -0.2) is 12.5 Å². The molecule has 0 aromatic carbocycles. The van der Waals surface area contributed by atoms with Crippen molar-refractivity contribution in [2.45, 2.75) is 20.8 Å². The summed E-state index contributed by atoms with van der Waals surface area (Å²) in [6, 6.07) is 0. The lowest BCUT2D eigenvalue weighted by atomic mass is 10.2. The highest BCUT2D eigenvalue weighted by atomic mass is 16.1. The van der Waals surface area contributed by atoms with Gasteiger partial charge < -0.3 is 0 Å². The molecule has 0 aromatic rings. The highest BCUT2D eigenvalue weighted by molar-refractivity contribution is 5.93. The van der Waals surface area contributed by atoms with Crippen LogP contribution in [0.3, 0.4) is 0 Å². The second-order valence-electron chi connectivity index (χ2n) is 1.92. The number of ketones is 1. The van der Waals surface area contributed by atoms with E-state index >= 15 is 0 Å². The Bertz CT molecular complexity index is 168.